The van der Waals surface area contributed by atoms with Crippen molar-refractivity contribution in [1.29, 1.82) is 0 Å². The predicted octanol–water partition coefficient (Wildman–Crippen LogP) is 5.56. The molecule has 0 saturated carbocycles. The average molecular weight is 366 g/mol. The molecule has 0 aliphatic rings. The van der Waals surface area contributed by atoms with Crippen molar-refractivity contribution >= 4 is 11.6 Å². The van der Waals surface area contributed by atoms with Gasteiger partial charge in [-0.15, -0.1) is 0 Å². The Morgan fingerprint density at radius 2 is 0.893 bits per heavy atom. The number of nitrogens with one attached hydrogen (secondary N) is 2. The summed E-state index contributed by atoms with van der Waals surface area (Å²) < 4.78 is 0. The van der Waals surface area contributed by atoms with Gasteiger partial charge in [-0.05, 0) is 35.4 Å². The van der Waals surface area contributed by atoms with E-state index in [9.17, 15) is 0 Å². The standard InChI is InChI=1S/C24H22N4/c1-25-23-19(17-9-5-3-6-10-17)13-15-21(27-23)22-16-14-20(24(26-2)28-22)18-11-7-4-8-12-18/h3-16H,1-2H3,(H,25,27)(H,26,28). The second kappa shape index (κ2) is 7.92. The van der Waals surface area contributed by atoms with Crippen molar-refractivity contribution in [2.24, 2.45) is 0 Å². The third kappa shape index (κ3) is 3.45. The zero-order chi connectivity index (χ0) is 19.3. The predicted molar refractivity (Wildman–Crippen MR) is 117 cm³/mol. The highest BCUT2D eigenvalue weighted by atomic mass is 15.0. The molecule has 0 unspecified atom stereocenters. The largest absolute Gasteiger partial charge is 0.373 e. The minimum absolute atomic E-state index is 0.833. The second-order valence-electron chi connectivity index (χ2n) is 6.42. The van der Waals surface area contributed by atoms with Crippen LogP contribution in [0.25, 0.3) is 33.6 Å². The van der Waals surface area contributed by atoms with Crippen LogP contribution in [0.1, 0.15) is 0 Å². The molecule has 4 heteroatoms. The Kier molecular flexibility index (Phi) is 5.02. The summed E-state index contributed by atoms with van der Waals surface area (Å²) in [5.74, 6) is 1.67. The van der Waals surface area contributed by atoms with Gasteiger partial charge < -0.3 is 10.6 Å². The van der Waals surface area contributed by atoms with E-state index in [1.54, 1.807) is 0 Å². The van der Waals surface area contributed by atoms with E-state index < -0.39 is 0 Å². The Morgan fingerprint density at radius 3 is 1.25 bits per heavy atom. The van der Waals surface area contributed by atoms with Crippen molar-refractivity contribution < 1.29 is 0 Å². The van der Waals surface area contributed by atoms with Gasteiger partial charge in [-0.2, -0.15) is 0 Å². The van der Waals surface area contributed by atoms with Crippen LogP contribution in [0.2, 0.25) is 0 Å². The molecule has 2 aromatic carbocycles. The molecule has 0 aliphatic carbocycles. The van der Waals surface area contributed by atoms with Gasteiger partial charge in [-0.25, -0.2) is 9.97 Å². The maximum absolute atomic E-state index is 4.81. The Morgan fingerprint density at radius 1 is 0.500 bits per heavy atom. The fourth-order valence-corrected chi connectivity index (χ4v) is 3.29. The number of anilines is 2. The van der Waals surface area contributed by atoms with Gasteiger partial charge in [-0.1, -0.05) is 60.7 Å². The first-order chi connectivity index (χ1) is 13.8. The van der Waals surface area contributed by atoms with Crippen LogP contribution in [0, 0.1) is 0 Å². The third-order valence-electron chi connectivity index (χ3n) is 4.70. The quantitative estimate of drug-likeness (QED) is 0.485. The van der Waals surface area contributed by atoms with Gasteiger partial charge in [0.25, 0.3) is 0 Å². The van der Waals surface area contributed by atoms with Crippen LogP contribution >= 0.6 is 0 Å². The molecule has 0 atom stereocenters. The molecule has 0 fully saturated rings. The molecule has 0 aliphatic heterocycles. The molecule has 0 spiro atoms. The molecule has 2 heterocycles. The number of aromatic nitrogens is 2. The van der Waals surface area contributed by atoms with Crippen molar-refractivity contribution in [3.05, 3.63) is 84.9 Å². The molecule has 0 saturated heterocycles. The van der Waals surface area contributed by atoms with Gasteiger partial charge in [0.15, 0.2) is 0 Å². The number of pyridine rings is 2. The maximum atomic E-state index is 4.81. The van der Waals surface area contributed by atoms with Crippen LogP contribution in [0.5, 0.6) is 0 Å². The van der Waals surface area contributed by atoms with Crippen molar-refractivity contribution in [2.75, 3.05) is 24.7 Å². The lowest BCUT2D eigenvalue weighted by molar-refractivity contribution is 1.22. The number of rotatable bonds is 5. The van der Waals surface area contributed by atoms with Gasteiger partial charge in [0.1, 0.15) is 11.6 Å². The number of benzene rings is 2. The minimum Gasteiger partial charge on any atom is -0.373 e. The third-order valence-corrected chi connectivity index (χ3v) is 4.70. The van der Waals surface area contributed by atoms with Gasteiger partial charge in [-0.3, -0.25) is 0 Å². The molecular weight excluding hydrogens is 344 g/mol. The zero-order valence-corrected chi connectivity index (χ0v) is 16.0. The van der Waals surface area contributed by atoms with Crippen molar-refractivity contribution in [3.63, 3.8) is 0 Å². The van der Waals surface area contributed by atoms with Gasteiger partial charge in [0.2, 0.25) is 0 Å². The normalized spacial score (nSPS) is 10.5. The fourth-order valence-electron chi connectivity index (χ4n) is 3.29. The highest BCUT2D eigenvalue weighted by molar-refractivity contribution is 5.80. The molecule has 2 N–H and O–H groups in total. The van der Waals surface area contributed by atoms with Crippen LogP contribution in [-0.4, -0.2) is 24.1 Å². The first kappa shape index (κ1) is 17.7. The molecule has 4 aromatic rings. The summed E-state index contributed by atoms with van der Waals surface area (Å²) in [6.45, 7) is 0. The van der Waals surface area contributed by atoms with Crippen LogP contribution in [0.15, 0.2) is 84.9 Å². The van der Waals surface area contributed by atoms with Crippen LogP contribution in [0.3, 0.4) is 0 Å². The van der Waals surface area contributed by atoms with E-state index in [1.165, 1.54) is 0 Å². The summed E-state index contributed by atoms with van der Waals surface area (Å²) in [6, 6.07) is 28.7. The first-order valence-corrected chi connectivity index (χ1v) is 9.29. The summed E-state index contributed by atoms with van der Waals surface area (Å²) in [4.78, 5) is 9.63. The highest BCUT2D eigenvalue weighted by Crippen LogP contribution is 2.32. The summed E-state index contributed by atoms with van der Waals surface area (Å²) >= 11 is 0. The molecule has 0 amide bonds. The minimum atomic E-state index is 0.833. The Labute approximate surface area is 165 Å². The molecule has 0 bridgehead atoms. The summed E-state index contributed by atoms with van der Waals surface area (Å²) in [6.07, 6.45) is 0. The fraction of sp³-hybridized carbons (Fsp3) is 0.0833. The maximum Gasteiger partial charge on any atom is 0.134 e. The van der Waals surface area contributed by atoms with Crippen LogP contribution in [-0.2, 0) is 0 Å². The van der Waals surface area contributed by atoms with E-state index in [0.717, 1.165) is 45.3 Å². The lowest BCUT2D eigenvalue weighted by Gasteiger charge is -2.13. The number of hydrogen-bond acceptors (Lipinski definition) is 4. The molecular formula is C24H22N4. The zero-order valence-electron chi connectivity index (χ0n) is 16.0. The van der Waals surface area contributed by atoms with E-state index >= 15 is 0 Å². The molecule has 4 nitrogen and oxygen atoms in total. The van der Waals surface area contributed by atoms with Crippen LogP contribution < -0.4 is 10.6 Å². The van der Waals surface area contributed by atoms with E-state index in [4.69, 9.17) is 9.97 Å². The summed E-state index contributed by atoms with van der Waals surface area (Å²) in [5.41, 5.74) is 6.08. The highest BCUT2D eigenvalue weighted by Gasteiger charge is 2.12. The van der Waals surface area contributed by atoms with Gasteiger partial charge in [0.05, 0.1) is 11.4 Å². The summed E-state index contributed by atoms with van der Waals surface area (Å²) in [7, 11) is 3.78. The topological polar surface area (TPSA) is 49.8 Å². The summed E-state index contributed by atoms with van der Waals surface area (Å²) in [5, 5.41) is 6.43. The Hall–Kier alpha value is -3.66. The lowest BCUT2D eigenvalue weighted by Crippen LogP contribution is -2.00. The lowest BCUT2D eigenvalue weighted by atomic mass is 10.0. The smallest absolute Gasteiger partial charge is 0.134 e. The Bertz CT molecular complexity index is 987. The van der Waals surface area contributed by atoms with Crippen LogP contribution in [0.4, 0.5) is 11.6 Å². The molecule has 2 aromatic heterocycles. The second-order valence-corrected chi connectivity index (χ2v) is 6.42. The van der Waals surface area contributed by atoms with E-state index in [2.05, 4.69) is 47.0 Å². The number of hydrogen-bond donors (Lipinski definition) is 2. The van der Waals surface area contributed by atoms with Gasteiger partial charge >= 0.3 is 0 Å². The van der Waals surface area contributed by atoms with E-state index in [-0.39, 0.29) is 0 Å². The number of nitrogens with zero attached hydrogens (tertiary/aromatic N) is 2. The Balaban J connectivity index is 1.75. The average Bonchev–Trinajstić information content (AvgIpc) is 2.79. The van der Waals surface area contributed by atoms with Gasteiger partial charge in [0, 0.05) is 25.2 Å². The van der Waals surface area contributed by atoms with Crippen molar-refractivity contribution in [1.82, 2.24) is 9.97 Å². The van der Waals surface area contributed by atoms with Crippen molar-refractivity contribution in [3.8, 4) is 33.6 Å². The SMILES string of the molecule is CNc1nc(-c2ccc(-c3ccccc3)c(NC)n2)ccc1-c1ccccc1. The van der Waals surface area contributed by atoms with E-state index in [1.807, 2.05) is 62.6 Å². The first-order valence-electron chi connectivity index (χ1n) is 9.29. The molecule has 138 valence electrons. The van der Waals surface area contributed by atoms with E-state index in [0.29, 0.717) is 0 Å². The monoisotopic (exact) mass is 366 g/mol. The van der Waals surface area contributed by atoms with Crippen molar-refractivity contribution in [2.45, 2.75) is 0 Å². The molecule has 28 heavy (non-hydrogen) atoms. The molecule has 4 rings (SSSR count). The molecule has 0 radical (unpaired) electrons.